The first-order chi connectivity index (χ1) is 12.1. The number of hydrogen-bond acceptors (Lipinski definition) is 2. The Morgan fingerprint density at radius 2 is 1.43 bits per heavy atom. The van der Waals surface area contributed by atoms with Crippen molar-refractivity contribution in [3.63, 3.8) is 0 Å². The Bertz CT molecular complexity index is 787. The summed E-state index contributed by atoms with van der Waals surface area (Å²) < 4.78 is 0.930. The molecule has 8 heteroatoms. The van der Waals surface area contributed by atoms with Crippen LogP contribution < -0.4 is 17.4 Å². The number of benzene rings is 2. The minimum absolute atomic E-state index is 0. The molecule has 4 nitrogen and oxygen atoms in total. The Balaban J connectivity index is 0.00000364. The average molecular weight is 466 g/mol. The summed E-state index contributed by atoms with van der Waals surface area (Å²) in [7, 11) is 0. The van der Waals surface area contributed by atoms with Gasteiger partial charge in [-0.2, -0.15) is 0 Å². The third kappa shape index (κ3) is 6.36. The second kappa shape index (κ2) is 11.0. The Labute approximate surface area is 188 Å². The van der Waals surface area contributed by atoms with Crippen molar-refractivity contribution in [1.29, 1.82) is 0 Å². The van der Waals surface area contributed by atoms with Crippen LogP contribution in [0.4, 0.5) is 0 Å². The van der Waals surface area contributed by atoms with Crippen LogP contribution in [-0.2, 0) is 6.42 Å². The molecular weight excluding hydrogens is 442 g/mol. The minimum Gasteiger partial charge on any atom is -1.00 e. The van der Waals surface area contributed by atoms with Gasteiger partial charge in [0.25, 0.3) is 0 Å². The molecular formula is C20H24Cl4N2O2. The number of aryl methyl sites for hydroxylation is 1. The number of carbonyl (C=O) groups excluding carboxylic acids is 2. The number of carbonyl (C=O) groups is 2. The van der Waals surface area contributed by atoms with Crippen molar-refractivity contribution in [2.75, 3.05) is 0 Å². The number of nitrogens with zero attached hydrogens (tertiary/aromatic N) is 1. The molecule has 0 fully saturated rings. The molecule has 0 aliphatic rings. The van der Waals surface area contributed by atoms with Crippen molar-refractivity contribution in [2.45, 2.75) is 39.7 Å². The fourth-order valence-electron chi connectivity index (χ4n) is 2.56. The fraction of sp³-hybridized carbons (Fsp3) is 0.300. The first-order valence-corrected chi connectivity index (χ1v) is 9.13. The maximum atomic E-state index is 13.1. The summed E-state index contributed by atoms with van der Waals surface area (Å²) in [5, 5.41) is 0.748. The van der Waals surface area contributed by atoms with Gasteiger partial charge in [0.2, 0.25) is 0 Å². The van der Waals surface area contributed by atoms with Gasteiger partial charge in [-0.1, -0.05) is 35.2 Å². The van der Waals surface area contributed by atoms with Crippen molar-refractivity contribution >= 4 is 47.6 Å². The lowest BCUT2D eigenvalue weighted by Gasteiger charge is -2.33. The van der Waals surface area contributed by atoms with Crippen molar-refractivity contribution in [3.05, 3.63) is 70.2 Å². The largest absolute Gasteiger partial charge is 1.00 e. The number of hydrogen-bond donors (Lipinski definition) is 1. The normalized spacial score (nSPS) is 11.6. The van der Waals surface area contributed by atoms with E-state index in [1.165, 1.54) is 0 Å². The zero-order valence-corrected chi connectivity index (χ0v) is 19.2. The van der Waals surface area contributed by atoms with Gasteiger partial charge in [-0.05, 0) is 69.2 Å². The third-order valence-corrected chi connectivity index (χ3v) is 4.59. The van der Waals surface area contributed by atoms with E-state index in [9.17, 15) is 9.59 Å². The highest BCUT2D eigenvalue weighted by atomic mass is 35.5. The predicted octanol–water partition coefficient (Wildman–Crippen LogP) is 1.36. The molecule has 2 amide bonds. The van der Waals surface area contributed by atoms with E-state index in [1.807, 2.05) is 32.9 Å². The van der Waals surface area contributed by atoms with E-state index in [4.69, 9.17) is 23.4 Å². The van der Waals surface area contributed by atoms with E-state index in [-0.39, 0.29) is 35.7 Å². The van der Waals surface area contributed by atoms with Crippen molar-refractivity contribution in [2.24, 2.45) is 0 Å². The Hall–Kier alpha value is -1.30. The van der Waals surface area contributed by atoms with Crippen LogP contribution in [-0.4, -0.2) is 21.9 Å². The summed E-state index contributed by atoms with van der Waals surface area (Å²) in [6.45, 7) is 7.61. The quantitative estimate of drug-likeness (QED) is 0.549. The summed E-state index contributed by atoms with van der Waals surface area (Å²) in [6.07, 6.45) is 0.890. The molecule has 0 saturated heterocycles. The van der Waals surface area contributed by atoms with E-state index >= 15 is 0 Å². The topological polar surface area (TPSA) is 41.8 Å². The Kier molecular flexibility index (Phi) is 10.5. The zero-order valence-electron chi connectivity index (χ0n) is 16.1. The molecule has 1 atom stereocenters. The smallest absolute Gasteiger partial charge is 0.370 e. The van der Waals surface area contributed by atoms with Gasteiger partial charge in [0.1, 0.15) is 5.54 Å². The van der Waals surface area contributed by atoms with E-state index in [0.717, 1.165) is 16.5 Å². The zero-order chi connectivity index (χ0) is 19.5. The second-order valence-electron chi connectivity index (χ2n) is 7.07. The highest BCUT2D eigenvalue weighted by Crippen LogP contribution is 2.12. The van der Waals surface area contributed by atoms with Crippen LogP contribution in [0.15, 0.2) is 48.5 Å². The summed E-state index contributed by atoms with van der Waals surface area (Å²) in [4.78, 5) is 25.8. The summed E-state index contributed by atoms with van der Waals surface area (Å²) >= 11 is 12.2. The number of rotatable bonds is 3. The molecule has 0 saturated carbocycles. The van der Waals surface area contributed by atoms with Gasteiger partial charge < -0.3 is 12.4 Å². The molecule has 2 rings (SSSR count). The lowest BCUT2D eigenvalue weighted by molar-refractivity contribution is -0.951. The van der Waals surface area contributed by atoms with Crippen LogP contribution in [0.2, 0.25) is 5.02 Å². The van der Waals surface area contributed by atoms with Crippen LogP contribution in [0.3, 0.4) is 0 Å². The molecule has 0 radical (unpaired) electrons. The summed E-state index contributed by atoms with van der Waals surface area (Å²) in [5.41, 5.74) is 1.38. The Morgan fingerprint density at radius 3 is 1.86 bits per heavy atom. The van der Waals surface area contributed by atoms with Crippen LogP contribution in [0, 0.1) is 0 Å². The molecule has 0 spiro atoms. The maximum absolute atomic E-state index is 13.1. The van der Waals surface area contributed by atoms with E-state index in [1.54, 1.807) is 36.4 Å². The maximum Gasteiger partial charge on any atom is 0.370 e. The average Bonchev–Trinajstić information content (AvgIpc) is 2.60. The van der Waals surface area contributed by atoms with Gasteiger partial charge in [0, 0.05) is 10.6 Å². The number of quaternary nitrogens is 1. The van der Waals surface area contributed by atoms with Gasteiger partial charge in [-0.25, -0.2) is 4.79 Å². The molecule has 1 unspecified atom stereocenters. The van der Waals surface area contributed by atoms with Crippen LogP contribution in [0.25, 0.3) is 0 Å². The third-order valence-electron chi connectivity index (χ3n) is 4.02. The molecule has 0 aromatic heterocycles. The van der Waals surface area contributed by atoms with Gasteiger partial charge in [0.15, 0.2) is 0 Å². The number of amides is 2. The number of halogens is 4. The van der Waals surface area contributed by atoms with Crippen molar-refractivity contribution < 1.29 is 27.0 Å². The molecule has 2 aromatic rings. The standard InChI is InChI=1S/C20H22Cl2N2O2.2ClH/c1-5-14-6-8-15(9-7-14)18(25)23(20(2,3)4)24(22)19(26)16-10-12-17(21)13-11-16;;/h6-13H,5H2,1-4H3;2*1H. The molecule has 0 aliphatic carbocycles. The Morgan fingerprint density at radius 1 is 0.964 bits per heavy atom. The predicted molar refractivity (Wildman–Crippen MR) is 112 cm³/mol. The highest BCUT2D eigenvalue weighted by Gasteiger charge is 2.41. The van der Waals surface area contributed by atoms with Crippen LogP contribution >= 0.6 is 35.8 Å². The van der Waals surface area contributed by atoms with Gasteiger partial charge in [-0.15, -0.1) is 17.4 Å². The highest BCUT2D eigenvalue weighted by molar-refractivity contribution is 6.30. The van der Waals surface area contributed by atoms with E-state index in [2.05, 4.69) is 6.92 Å². The lowest BCUT2D eigenvalue weighted by atomic mass is 10.0. The van der Waals surface area contributed by atoms with Crippen molar-refractivity contribution in [3.8, 4) is 0 Å². The molecule has 154 valence electrons. The van der Waals surface area contributed by atoms with Crippen molar-refractivity contribution in [1.82, 2.24) is 4.53 Å². The first kappa shape index (κ1) is 26.7. The summed E-state index contributed by atoms with van der Waals surface area (Å²) in [5.74, 6) is -0.732. The number of nitrogens with one attached hydrogen (secondary N) is 1. The van der Waals surface area contributed by atoms with Gasteiger partial charge in [-0.3, -0.25) is 4.79 Å². The SMILES string of the molecule is CCc1ccc(C(=O)[NH+](N(Cl)C(=O)c2ccc(Cl)cc2)C(C)(C)C)cc1.Cl.[Cl-]. The van der Waals surface area contributed by atoms with Crippen LogP contribution in [0.1, 0.15) is 54.0 Å². The second-order valence-corrected chi connectivity index (χ2v) is 7.85. The minimum atomic E-state index is -0.621. The molecule has 0 aliphatic heterocycles. The molecule has 2 aromatic carbocycles. The molecule has 28 heavy (non-hydrogen) atoms. The fourth-order valence-corrected chi connectivity index (χ4v) is 3.11. The monoisotopic (exact) mass is 464 g/mol. The van der Waals surface area contributed by atoms with E-state index < -0.39 is 11.4 Å². The van der Waals surface area contributed by atoms with Crippen LogP contribution in [0.5, 0.6) is 0 Å². The molecule has 0 heterocycles. The summed E-state index contributed by atoms with van der Waals surface area (Å²) in [6, 6.07) is 13.7. The lowest BCUT2D eigenvalue weighted by Crippen LogP contribution is -3.25. The molecule has 0 bridgehead atoms. The first-order valence-electron chi connectivity index (χ1n) is 8.42. The van der Waals surface area contributed by atoms with E-state index in [0.29, 0.717) is 16.1 Å². The van der Waals surface area contributed by atoms with Gasteiger partial charge in [0.05, 0.1) is 17.3 Å². The van der Waals surface area contributed by atoms with Gasteiger partial charge >= 0.3 is 11.8 Å². The molecule has 1 N–H and O–H groups in total.